The van der Waals surface area contributed by atoms with Crippen LogP contribution in [0.15, 0.2) is 69.5 Å². The van der Waals surface area contributed by atoms with Crippen molar-refractivity contribution >= 4 is 34.7 Å². The molecule has 0 saturated carbocycles. The average molecular weight is 411 g/mol. The molecular weight excluding hydrogens is 392 g/mol. The third-order valence-corrected chi connectivity index (χ3v) is 6.28. The smallest absolute Gasteiger partial charge is 0.253 e. The molecule has 28 heavy (non-hydrogen) atoms. The molecule has 1 unspecified atom stereocenters. The van der Waals surface area contributed by atoms with Gasteiger partial charge in [0, 0.05) is 6.42 Å². The highest BCUT2D eigenvalue weighted by molar-refractivity contribution is 8.01. The van der Waals surface area contributed by atoms with Crippen molar-refractivity contribution in [2.24, 2.45) is 5.10 Å². The molecule has 0 saturated heterocycles. The molecule has 0 bridgehead atoms. The first-order valence-corrected chi connectivity index (χ1v) is 10.6. The van der Waals surface area contributed by atoms with Crippen LogP contribution in [0.3, 0.4) is 0 Å². The maximum absolute atomic E-state index is 13.0. The highest BCUT2D eigenvalue weighted by Gasteiger charge is 2.33. The molecule has 1 aromatic heterocycles. The number of nitrogens with zero attached hydrogens (tertiary/aromatic N) is 4. The van der Waals surface area contributed by atoms with E-state index < -0.39 is 0 Å². The molecular formula is C20H18N4O2S2. The lowest BCUT2D eigenvalue weighted by Crippen LogP contribution is -2.28. The minimum Gasteiger partial charge on any atom is -0.497 e. The Bertz CT molecular complexity index is 960. The normalized spacial score (nSPS) is 16.1. The largest absolute Gasteiger partial charge is 0.497 e. The van der Waals surface area contributed by atoms with Crippen molar-refractivity contribution in [1.29, 1.82) is 0 Å². The molecule has 2 aromatic carbocycles. The van der Waals surface area contributed by atoms with Crippen LogP contribution in [0, 0.1) is 0 Å². The number of benzene rings is 2. The lowest BCUT2D eigenvalue weighted by atomic mass is 9.98. The molecule has 0 radical (unpaired) electrons. The summed E-state index contributed by atoms with van der Waals surface area (Å²) in [4.78, 5) is 13.0. The van der Waals surface area contributed by atoms with E-state index in [9.17, 15) is 4.79 Å². The van der Waals surface area contributed by atoms with Gasteiger partial charge in [0.1, 0.15) is 11.3 Å². The Labute approximate surface area is 171 Å². The molecule has 2 heterocycles. The maximum Gasteiger partial charge on any atom is 0.253 e. The van der Waals surface area contributed by atoms with Crippen molar-refractivity contribution in [2.45, 2.75) is 16.8 Å². The molecule has 4 rings (SSSR count). The number of thioether (sulfide) groups is 1. The molecule has 0 aliphatic carbocycles. The van der Waals surface area contributed by atoms with Crippen LogP contribution in [-0.2, 0) is 4.79 Å². The first-order valence-electron chi connectivity index (χ1n) is 8.72. The predicted octanol–water partition coefficient (Wildman–Crippen LogP) is 4.02. The molecule has 1 aliphatic heterocycles. The van der Waals surface area contributed by atoms with Gasteiger partial charge in [0.05, 0.1) is 24.6 Å². The predicted molar refractivity (Wildman–Crippen MR) is 111 cm³/mol. The quantitative estimate of drug-likeness (QED) is 0.574. The summed E-state index contributed by atoms with van der Waals surface area (Å²) in [7, 11) is 1.64. The summed E-state index contributed by atoms with van der Waals surface area (Å²) in [6.45, 7) is 0. The van der Waals surface area contributed by atoms with E-state index in [1.807, 2.05) is 54.6 Å². The van der Waals surface area contributed by atoms with Crippen molar-refractivity contribution in [3.8, 4) is 5.75 Å². The van der Waals surface area contributed by atoms with Gasteiger partial charge in [-0.25, -0.2) is 5.01 Å². The minimum atomic E-state index is -0.136. The number of ether oxygens (including phenoxy) is 1. The van der Waals surface area contributed by atoms with E-state index in [4.69, 9.17) is 4.74 Å². The number of aromatic nitrogens is 2. The molecule has 0 fully saturated rings. The first kappa shape index (κ1) is 18.6. The van der Waals surface area contributed by atoms with Crippen molar-refractivity contribution in [1.82, 2.24) is 15.2 Å². The highest BCUT2D eigenvalue weighted by Crippen LogP contribution is 2.34. The third-order valence-electron chi connectivity index (χ3n) is 4.43. The van der Waals surface area contributed by atoms with Gasteiger partial charge in [-0.3, -0.25) is 4.79 Å². The van der Waals surface area contributed by atoms with Crippen LogP contribution < -0.4 is 4.74 Å². The number of hydrazone groups is 1. The fourth-order valence-electron chi connectivity index (χ4n) is 3.05. The van der Waals surface area contributed by atoms with Crippen molar-refractivity contribution in [2.75, 3.05) is 12.9 Å². The molecule has 1 aliphatic rings. The minimum absolute atomic E-state index is 0.0491. The van der Waals surface area contributed by atoms with E-state index in [1.54, 1.807) is 17.6 Å². The number of carbonyl (C=O) groups is 1. The standard InChI is InChI=1S/C20H18N4O2S2/c1-26-16-9-7-15(8-10-16)18-11-17(14-5-3-2-4-6-14)23-24(18)19(25)12-27-20-22-21-13-28-20/h2-10,13,18H,11-12H2,1H3. The SMILES string of the molecule is COc1ccc(C2CC(c3ccccc3)=NN2C(=O)CSc2nncs2)cc1. The fraction of sp³-hybridized carbons (Fsp3) is 0.200. The van der Waals surface area contributed by atoms with Gasteiger partial charge in [-0.2, -0.15) is 5.10 Å². The molecule has 6 nitrogen and oxygen atoms in total. The number of amides is 1. The van der Waals surface area contributed by atoms with Gasteiger partial charge < -0.3 is 4.74 Å². The van der Waals surface area contributed by atoms with Gasteiger partial charge in [0.25, 0.3) is 5.91 Å². The second kappa shape index (κ2) is 8.53. The Morgan fingerprint density at radius 2 is 2.00 bits per heavy atom. The summed E-state index contributed by atoms with van der Waals surface area (Å²) in [6, 6.07) is 17.7. The Kier molecular flexibility index (Phi) is 5.68. The second-order valence-corrected chi connectivity index (χ2v) is 8.19. The van der Waals surface area contributed by atoms with E-state index in [0.29, 0.717) is 6.42 Å². The molecule has 3 aromatic rings. The van der Waals surface area contributed by atoms with Crippen LogP contribution in [0.5, 0.6) is 5.75 Å². The lowest BCUT2D eigenvalue weighted by Gasteiger charge is -2.22. The summed E-state index contributed by atoms with van der Waals surface area (Å²) in [6.07, 6.45) is 0.672. The number of methoxy groups -OCH3 is 1. The maximum atomic E-state index is 13.0. The molecule has 0 N–H and O–H groups in total. The number of hydrogen-bond donors (Lipinski definition) is 0. The summed E-state index contributed by atoms with van der Waals surface area (Å²) >= 11 is 2.81. The average Bonchev–Trinajstić information content (AvgIpc) is 3.43. The number of hydrogen-bond acceptors (Lipinski definition) is 7. The van der Waals surface area contributed by atoms with E-state index in [1.165, 1.54) is 23.1 Å². The topological polar surface area (TPSA) is 67.7 Å². The number of carbonyl (C=O) groups excluding carboxylic acids is 1. The zero-order valence-corrected chi connectivity index (χ0v) is 16.8. The van der Waals surface area contributed by atoms with Crippen LogP contribution >= 0.6 is 23.1 Å². The summed E-state index contributed by atoms with van der Waals surface area (Å²) in [5.41, 5.74) is 4.64. The monoisotopic (exact) mass is 410 g/mol. The van der Waals surface area contributed by atoms with E-state index in [2.05, 4.69) is 15.3 Å². The third kappa shape index (κ3) is 4.07. The van der Waals surface area contributed by atoms with Crippen LogP contribution in [0.25, 0.3) is 0 Å². The van der Waals surface area contributed by atoms with Crippen LogP contribution in [-0.4, -0.2) is 39.7 Å². The summed E-state index contributed by atoms with van der Waals surface area (Å²) < 4.78 is 6.03. The molecule has 0 spiro atoms. The molecule has 8 heteroatoms. The zero-order chi connectivity index (χ0) is 19.3. The van der Waals surface area contributed by atoms with Gasteiger partial charge >= 0.3 is 0 Å². The fourth-order valence-corrected chi connectivity index (χ4v) is 4.39. The van der Waals surface area contributed by atoms with Gasteiger partial charge in [0.15, 0.2) is 4.34 Å². The second-order valence-electron chi connectivity index (χ2n) is 6.14. The van der Waals surface area contributed by atoms with Gasteiger partial charge in [-0.15, -0.1) is 10.2 Å². The molecule has 1 atom stereocenters. The van der Waals surface area contributed by atoms with Gasteiger partial charge in [-0.05, 0) is 23.3 Å². The van der Waals surface area contributed by atoms with Crippen LogP contribution in [0.2, 0.25) is 0 Å². The van der Waals surface area contributed by atoms with Crippen LogP contribution in [0.1, 0.15) is 23.6 Å². The van der Waals surface area contributed by atoms with Crippen LogP contribution in [0.4, 0.5) is 0 Å². The lowest BCUT2D eigenvalue weighted by molar-refractivity contribution is -0.130. The molecule has 142 valence electrons. The van der Waals surface area contributed by atoms with Crippen molar-refractivity contribution in [3.63, 3.8) is 0 Å². The van der Waals surface area contributed by atoms with E-state index in [-0.39, 0.29) is 17.7 Å². The summed E-state index contributed by atoms with van der Waals surface area (Å²) in [5, 5.41) is 14.1. The summed E-state index contributed by atoms with van der Waals surface area (Å²) in [5.74, 6) is 1.01. The Hall–Kier alpha value is -2.71. The Balaban J connectivity index is 1.58. The van der Waals surface area contributed by atoms with Gasteiger partial charge in [0.2, 0.25) is 0 Å². The van der Waals surface area contributed by atoms with E-state index >= 15 is 0 Å². The number of rotatable bonds is 6. The van der Waals surface area contributed by atoms with E-state index in [0.717, 1.165) is 26.9 Å². The first-order chi connectivity index (χ1) is 13.7. The van der Waals surface area contributed by atoms with Crippen molar-refractivity contribution in [3.05, 3.63) is 71.2 Å². The Morgan fingerprint density at radius 3 is 2.68 bits per heavy atom. The zero-order valence-electron chi connectivity index (χ0n) is 15.2. The van der Waals surface area contributed by atoms with Crippen molar-refractivity contribution < 1.29 is 9.53 Å². The molecule has 1 amide bonds. The van der Waals surface area contributed by atoms with Gasteiger partial charge in [-0.1, -0.05) is 65.6 Å². The highest BCUT2D eigenvalue weighted by atomic mass is 32.2. The Morgan fingerprint density at radius 1 is 1.21 bits per heavy atom.